The maximum Gasteiger partial charge on any atom is 0.292 e. The monoisotopic (exact) mass is 287 g/mol. The van der Waals surface area contributed by atoms with Gasteiger partial charge < -0.3 is 15.0 Å². The summed E-state index contributed by atoms with van der Waals surface area (Å²) in [5, 5.41) is 3.24. The zero-order valence-corrected chi connectivity index (χ0v) is 12.4. The van der Waals surface area contributed by atoms with E-state index in [1.165, 1.54) is 0 Å². The van der Waals surface area contributed by atoms with Crippen molar-refractivity contribution in [2.45, 2.75) is 45.1 Å². The van der Waals surface area contributed by atoms with Crippen molar-refractivity contribution in [1.82, 2.24) is 10.2 Å². The van der Waals surface area contributed by atoms with Crippen LogP contribution in [0.2, 0.25) is 0 Å². The second-order valence-electron chi connectivity index (χ2n) is 5.43. The Bertz CT molecular complexity index is 407. The van der Waals surface area contributed by atoms with Crippen molar-refractivity contribution < 1.29 is 13.5 Å². The van der Waals surface area contributed by atoms with Gasteiger partial charge >= 0.3 is 0 Å². The highest BCUT2D eigenvalue weighted by atomic mass is 19.3. The molecule has 6 heteroatoms. The summed E-state index contributed by atoms with van der Waals surface area (Å²) in [5.74, 6) is -2.91. The lowest BCUT2D eigenvalue weighted by molar-refractivity contribution is 0.0561. The van der Waals surface area contributed by atoms with Crippen molar-refractivity contribution in [3.05, 3.63) is 11.3 Å². The Morgan fingerprint density at radius 3 is 2.55 bits per heavy atom. The van der Waals surface area contributed by atoms with Gasteiger partial charge in [0.25, 0.3) is 11.9 Å². The molecule has 2 rings (SSSR count). The Kier molecular flexibility index (Phi) is 4.62. The van der Waals surface area contributed by atoms with Crippen LogP contribution in [0, 0.1) is 0 Å². The maximum atomic E-state index is 13.7. The molecule has 2 aliphatic heterocycles. The van der Waals surface area contributed by atoms with Gasteiger partial charge in [-0.1, -0.05) is 6.92 Å². The highest BCUT2D eigenvalue weighted by molar-refractivity contribution is 5.76. The molecule has 0 aromatic heterocycles. The van der Waals surface area contributed by atoms with E-state index in [9.17, 15) is 8.78 Å². The second kappa shape index (κ2) is 6.08. The average Bonchev–Trinajstić information content (AvgIpc) is 2.46. The lowest BCUT2D eigenvalue weighted by Crippen LogP contribution is -2.45. The van der Waals surface area contributed by atoms with E-state index in [1.54, 1.807) is 0 Å². The van der Waals surface area contributed by atoms with E-state index >= 15 is 0 Å². The summed E-state index contributed by atoms with van der Waals surface area (Å²) in [7, 11) is 1.95. The summed E-state index contributed by atoms with van der Waals surface area (Å²) in [6, 6.07) is 0.845. The number of hydrogen-bond donors (Lipinski definition) is 1. The summed E-state index contributed by atoms with van der Waals surface area (Å²) < 4.78 is 32.9. The van der Waals surface area contributed by atoms with Crippen molar-refractivity contribution in [3.63, 3.8) is 0 Å². The molecule has 0 aromatic carbocycles. The molecule has 1 saturated heterocycles. The lowest BCUT2D eigenvalue weighted by atomic mass is 10.1. The van der Waals surface area contributed by atoms with Gasteiger partial charge in [-0.25, -0.2) is 0 Å². The van der Waals surface area contributed by atoms with Gasteiger partial charge in [-0.15, -0.1) is 0 Å². The van der Waals surface area contributed by atoms with Crippen LogP contribution in [0.15, 0.2) is 16.3 Å². The Morgan fingerprint density at radius 2 is 2.05 bits per heavy atom. The number of likely N-dealkylation sites (tertiary alicyclic amines) is 1. The van der Waals surface area contributed by atoms with E-state index in [1.807, 2.05) is 18.9 Å². The molecule has 0 radical (unpaired) electrons. The van der Waals surface area contributed by atoms with Crippen LogP contribution in [0.4, 0.5) is 8.78 Å². The van der Waals surface area contributed by atoms with Crippen LogP contribution in [0.3, 0.4) is 0 Å². The number of piperidine rings is 1. The number of allylic oxidation sites excluding steroid dienone is 1. The first kappa shape index (κ1) is 15.2. The third kappa shape index (κ3) is 3.29. The summed E-state index contributed by atoms with van der Waals surface area (Å²) in [6.45, 7) is 4.55. The van der Waals surface area contributed by atoms with E-state index in [4.69, 9.17) is 4.74 Å². The van der Waals surface area contributed by atoms with E-state index in [2.05, 4.69) is 10.3 Å². The number of amidine groups is 1. The molecule has 0 unspecified atom stereocenters. The maximum absolute atomic E-state index is 13.7. The van der Waals surface area contributed by atoms with Crippen molar-refractivity contribution in [3.8, 4) is 0 Å². The molecule has 114 valence electrons. The standard InChI is InChI=1S/C14H23F2N3O/c1-4-10-9-20-13(18-12(10)14(2,15)16)19-7-5-11(17-3)6-8-19/h11,17H,4-9H2,1-3H3. The zero-order chi connectivity index (χ0) is 14.8. The van der Waals surface area contributed by atoms with Crippen molar-refractivity contribution in [1.29, 1.82) is 0 Å². The van der Waals surface area contributed by atoms with Gasteiger partial charge in [0.2, 0.25) is 0 Å². The average molecular weight is 287 g/mol. The minimum atomic E-state index is -2.91. The molecular weight excluding hydrogens is 264 g/mol. The number of rotatable bonds is 3. The summed E-state index contributed by atoms with van der Waals surface area (Å²) in [4.78, 5) is 6.07. The minimum absolute atomic E-state index is 0.114. The molecule has 0 spiro atoms. The van der Waals surface area contributed by atoms with E-state index in [0.717, 1.165) is 32.9 Å². The number of hydrogen-bond acceptors (Lipinski definition) is 4. The fourth-order valence-corrected chi connectivity index (χ4v) is 2.63. The van der Waals surface area contributed by atoms with Gasteiger partial charge in [0, 0.05) is 26.1 Å². The number of nitrogens with one attached hydrogen (secondary N) is 1. The van der Waals surface area contributed by atoms with Crippen LogP contribution in [0.5, 0.6) is 0 Å². The number of aliphatic imine (C=N–C) groups is 1. The molecule has 2 heterocycles. The molecule has 2 aliphatic rings. The fourth-order valence-electron chi connectivity index (χ4n) is 2.63. The number of nitrogens with zero attached hydrogens (tertiary/aromatic N) is 2. The van der Waals surface area contributed by atoms with Crippen molar-refractivity contribution in [2.24, 2.45) is 4.99 Å². The molecule has 4 nitrogen and oxygen atoms in total. The third-order valence-corrected chi connectivity index (χ3v) is 3.93. The Balaban J connectivity index is 2.14. The summed E-state index contributed by atoms with van der Waals surface area (Å²) in [5.41, 5.74) is 0.475. The van der Waals surface area contributed by atoms with Crippen molar-refractivity contribution >= 4 is 6.02 Å². The Labute approximate surface area is 118 Å². The van der Waals surface area contributed by atoms with Crippen LogP contribution in [-0.2, 0) is 4.74 Å². The van der Waals surface area contributed by atoms with Gasteiger partial charge in [-0.2, -0.15) is 13.8 Å². The molecule has 0 atom stereocenters. The SMILES string of the molecule is CCC1=C(C(C)(F)F)N=C(N2CCC(NC)CC2)OC1. The first-order chi connectivity index (χ1) is 9.45. The quantitative estimate of drug-likeness (QED) is 0.866. The van der Waals surface area contributed by atoms with Gasteiger partial charge in [0.1, 0.15) is 12.3 Å². The molecule has 0 aliphatic carbocycles. The van der Waals surface area contributed by atoms with Gasteiger partial charge in [-0.05, 0) is 31.9 Å². The van der Waals surface area contributed by atoms with Gasteiger partial charge in [0.15, 0.2) is 0 Å². The van der Waals surface area contributed by atoms with Crippen LogP contribution in [0.1, 0.15) is 33.1 Å². The van der Waals surface area contributed by atoms with Crippen molar-refractivity contribution in [2.75, 3.05) is 26.7 Å². The highest BCUT2D eigenvalue weighted by Gasteiger charge is 2.35. The van der Waals surface area contributed by atoms with Crippen LogP contribution < -0.4 is 5.32 Å². The predicted molar refractivity (Wildman–Crippen MR) is 75.0 cm³/mol. The number of ether oxygens (including phenoxy) is 1. The molecule has 1 fully saturated rings. The lowest BCUT2D eigenvalue weighted by Gasteiger charge is -2.35. The first-order valence-electron chi connectivity index (χ1n) is 7.19. The second-order valence-corrected chi connectivity index (χ2v) is 5.43. The normalized spacial score (nSPS) is 21.9. The molecule has 0 amide bonds. The number of alkyl halides is 2. The van der Waals surface area contributed by atoms with Crippen LogP contribution in [0.25, 0.3) is 0 Å². The Morgan fingerprint density at radius 1 is 1.40 bits per heavy atom. The van der Waals surface area contributed by atoms with E-state index in [0.29, 0.717) is 24.1 Å². The topological polar surface area (TPSA) is 36.9 Å². The van der Waals surface area contributed by atoms with Gasteiger partial charge in [0.05, 0.1) is 0 Å². The largest absolute Gasteiger partial charge is 0.460 e. The van der Waals surface area contributed by atoms with Gasteiger partial charge in [-0.3, -0.25) is 0 Å². The van der Waals surface area contributed by atoms with Crippen LogP contribution >= 0.6 is 0 Å². The first-order valence-corrected chi connectivity index (χ1v) is 7.19. The predicted octanol–water partition coefficient (Wildman–Crippen LogP) is 2.38. The highest BCUT2D eigenvalue weighted by Crippen LogP contribution is 2.31. The molecule has 0 aromatic rings. The van der Waals surface area contributed by atoms with E-state index in [-0.39, 0.29) is 12.3 Å². The molecule has 20 heavy (non-hydrogen) atoms. The summed E-state index contributed by atoms with van der Waals surface area (Å²) in [6.07, 6.45) is 2.49. The summed E-state index contributed by atoms with van der Waals surface area (Å²) >= 11 is 0. The van der Waals surface area contributed by atoms with E-state index < -0.39 is 5.92 Å². The fraction of sp³-hybridized carbons (Fsp3) is 0.786. The zero-order valence-electron chi connectivity index (χ0n) is 12.4. The molecule has 0 bridgehead atoms. The Hall–Kier alpha value is -1.17. The van der Waals surface area contributed by atoms with Crippen LogP contribution in [-0.4, -0.2) is 49.6 Å². The number of halogens is 2. The minimum Gasteiger partial charge on any atom is -0.460 e. The molecule has 1 N–H and O–H groups in total. The smallest absolute Gasteiger partial charge is 0.292 e. The molecule has 0 saturated carbocycles. The third-order valence-electron chi connectivity index (χ3n) is 3.93. The molecular formula is C14H23F2N3O.